The molecule has 4 nitrogen and oxygen atoms in total. The predicted molar refractivity (Wildman–Crippen MR) is 60.5 cm³/mol. The summed E-state index contributed by atoms with van der Waals surface area (Å²) in [5.74, 6) is -4.03. The number of hydrogen-bond acceptors (Lipinski definition) is 3. The zero-order chi connectivity index (χ0) is 13.7. The molecule has 1 amide bonds. The van der Waals surface area contributed by atoms with Crippen molar-refractivity contribution in [3.8, 4) is 0 Å². The van der Waals surface area contributed by atoms with Gasteiger partial charge in [-0.25, -0.2) is 13.6 Å². The van der Waals surface area contributed by atoms with Crippen molar-refractivity contribution in [1.29, 1.82) is 0 Å². The molecule has 0 bridgehead atoms. The number of amides is 1. The van der Waals surface area contributed by atoms with Gasteiger partial charge in [-0.05, 0) is 25.1 Å². The maximum Gasteiger partial charge on any atom is 0.330 e. The zero-order valence-corrected chi connectivity index (χ0v) is 9.57. The molecule has 1 aromatic carbocycles. The van der Waals surface area contributed by atoms with Crippen LogP contribution in [-0.2, 0) is 9.53 Å². The molecule has 0 spiro atoms. The minimum absolute atomic E-state index is 0.127. The molecule has 0 aliphatic heterocycles. The van der Waals surface area contributed by atoms with Gasteiger partial charge in [0.1, 0.15) is 17.2 Å². The summed E-state index contributed by atoms with van der Waals surface area (Å²) in [6.45, 7) is 1.80. The van der Waals surface area contributed by atoms with Crippen LogP contribution in [0.2, 0.25) is 0 Å². The van der Waals surface area contributed by atoms with E-state index in [0.717, 1.165) is 24.3 Å². The topological polar surface area (TPSA) is 69.4 Å². The number of nitrogens with two attached hydrogens (primary N) is 1. The number of ether oxygens (including phenoxy) is 1. The Labute approximate surface area is 102 Å². The van der Waals surface area contributed by atoms with Gasteiger partial charge in [-0.3, -0.25) is 4.79 Å². The molecule has 96 valence electrons. The number of esters is 1. The molecule has 0 aliphatic carbocycles. The van der Waals surface area contributed by atoms with Crippen molar-refractivity contribution in [1.82, 2.24) is 0 Å². The minimum Gasteiger partial charge on any atom is -0.463 e. The Kier molecular flexibility index (Phi) is 4.53. The van der Waals surface area contributed by atoms with Crippen molar-refractivity contribution in [2.24, 2.45) is 5.73 Å². The van der Waals surface area contributed by atoms with E-state index in [1.165, 1.54) is 0 Å². The van der Waals surface area contributed by atoms with E-state index in [1.807, 2.05) is 0 Å². The Morgan fingerprint density at radius 3 is 2.61 bits per heavy atom. The van der Waals surface area contributed by atoms with E-state index < -0.39 is 29.1 Å². The van der Waals surface area contributed by atoms with E-state index in [2.05, 4.69) is 4.74 Å². The highest BCUT2D eigenvalue weighted by atomic mass is 19.1. The molecule has 0 saturated heterocycles. The lowest BCUT2D eigenvalue weighted by molar-refractivity contribution is -0.137. The Hall–Kier alpha value is -2.24. The zero-order valence-electron chi connectivity index (χ0n) is 9.57. The smallest absolute Gasteiger partial charge is 0.330 e. The highest BCUT2D eigenvalue weighted by Crippen LogP contribution is 2.17. The van der Waals surface area contributed by atoms with Crippen LogP contribution >= 0.6 is 0 Å². The molecule has 0 heterocycles. The molecule has 0 aliphatic rings. The number of hydrogen-bond donors (Lipinski definition) is 1. The average Bonchev–Trinajstić information content (AvgIpc) is 2.28. The SMILES string of the molecule is CCOC(=O)C=Cc1ccc(F)c(C(N)=O)c1F. The predicted octanol–water partition coefficient (Wildman–Crippen LogP) is 1.64. The molecular formula is C12H11F2NO3. The van der Waals surface area contributed by atoms with Gasteiger partial charge in [0, 0.05) is 11.6 Å². The summed E-state index contributed by atoms with van der Waals surface area (Å²) in [6, 6.07) is 1.99. The van der Waals surface area contributed by atoms with Crippen molar-refractivity contribution in [3.63, 3.8) is 0 Å². The monoisotopic (exact) mass is 255 g/mol. The average molecular weight is 255 g/mol. The lowest BCUT2D eigenvalue weighted by Crippen LogP contribution is -2.16. The standard InChI is InChI=1S/C12H11F2NO3/c1-2-18-9(16)6-4-7-3-5-8(13)10(11(7)14)12(15)17/h3-6H,2H2,1H3,(H2,15,17). The molecule has 0 saturated carbocycles. The minimum atomic E-state index is -1.21. The van der Waals surface area contributed by atoms with Gasteiger partial charge in [0.05, 0.1) is 6.61 Å². The first-order chi connectivity index (χ1) is 8.47. The molecule has 2 N–H and O–H groups in total. The molecule has 0 atom stereocenters. The molecule has 0 radical (unpaired) electrons. The number of halogens is 2. The van der Waals surface area contributed by atoms with Gasteiger partial charge in [0.15, 0.2) is 0 Å². The summed E-state index contributed by atoms with van der Waals surface area (Å²) >= 11 is 0. The molecule has 1 rings (SSSR count). The second kappa shape index (κ2) is 5.90. The first-order valence-electron chi connectivity index (χ1n) is 5.10. The second-order valence-electron chi connectivity index (χ2n) is 3.28. The third-order valence-electron chi connectivity index (χ3n) is 2.05. The molecule has 0 fully saturated rings. The molecular weight excluding hydrogens is 244 g/mol. The summed E-state index contributed by atoms with van der Waals surface area (Å²) in [5, 5.41) is 0. The summed E-state index contributed by atoms with van der Waals surface area (Å²) in [4.78, 5) is 21.9. The van der Waals surface area contributed by atoms with E-state index in [9.17, 15) is 18.4 Å². The summed E-state index contributed by atoms with van der Waals surface area (Å²) in [7, 11) is 0. The van der Waals surface area contributed by atoms with Gasteiger partial charge in [-0.15, -0.1) is 0 Å². The van der Waals surface area contributed by atoms with E-state index in [1.54, 1.807) is 6.92 Å². The van der Waals surface area contributed by atoms with Crippen LogP contribution in [0.25, 0.3) is 6.08 Å². The van der Waals surface area contributed by atoms with Crippen molar-refractivity contribution in [2.75, 3.05) is 6.61 Å². The van der Waals surface area contributed by atoms with Crippen molar-refractivity contribution < 1.29 is 23.1 Å². The van der Waals surface area contributed by atoms with Crippen LogP contribution in [0.3, 0.4) is 0 Å². The summed E-state index contributed by atoms with van der Waals surface area (Å²) in [5.41, 5.74) is 3.89. The van der Waals surface area contributed by atoms with Gasteiger partial charge in [0.2, 0.25) is 0 Å². The first kappa shape index (κ1) is 13.8. The van der Waals surface area contributed by atoms with E-state index in [4.69, 9.17) is 5.73 Å². The number of primary amides is 1. The lowest BCUT2D eigenvalue weighted by atomic mass is 10.1. The fourth-order valence-corrected chi connectivity index (χ4v) is 1.27. The number of rotatable bonds is 4. The summed E-state index contributed by atoms with van der Waals surface area (Å²) < 4.78 is 31.4. The van der Waals surface area contributed by atoms with Crippen LogP contribution in [0.15, 0.2) is 18.2 Å². The van der Waals surface area contributed by atoms with E-state index in [-0.39, 0.29) is 12.2 Å². The maximum atomic E-state index is 13.7. The molecule has 18 heavy (non-hydrogen) atoms. The van der Waals surface area contributed by atoms with Crippen molar-refractivity contribution >= 4 is 18.0 Å². The second-order valence-corrected chi connectivity index (χ2v) is 3.28. The normalized spacial score (nSPS) is 10.6. The first-order valence-corrected chi connectivity index (χ1v) is 5.10. The molecule has 0 aromatic heterocycles. The van der Waals surface area contributed by atoms with E-state index >= 15 is 0 Å². The van der Waals surface area contributed by atoms with Crippen LogP contribution in [0.1, 0.15) is 22.8 Å². The summed E-state index contributed by atoms with van der Waals surface area (Å²) in [6.07, 6.45) is 2.06. The highest BCUT2D eigenvalue weighted by Gasteiger charge is 2.17. The van der Waals surface area contributed by atoms with Crippen LogP contribution in [0, 0.1) is 11.6 Å². The van der Waals surface area contributed by atoms with Gasteiger partial charge < -0.3 is 10.5 Å². The highest BCUT2D eigenvalue weighted by molar-refractivity contribution is 5.94. The van der Waals surface area contributed by atoms with E-state index in [0.29, 0.717) is 0 Å². The molecule has 0 unspecified atom stereocenters. The van der Waals surface area contributed by atoms with Gasteiger partial charge in [0.25, 0.3) is 5.91 Å². The third-order valence-corrected chi connectivity index (χ3v) is 2.05. The number of benzene rings is 1. The lowest BCUT2D eigenvalue weighted by Gasteiger charge is -2.03. The fourth-order valence-electron chi connectivity index (χ4n) is 1.27. The van der Waals surface area contributed by atoms with Crippen LogP contribution in [-0.4, -0.2) is 18.5 Å². The molecule has 6 heteroatoms. The number of carbonyl (C=O) groups excluding carboxylic acids is 2. The van der Waals surface area contributed by atoms with Gasteiger partial charge >= 0.3 is 5.97 Å². The number of carbonyl (C=O) groups is 2. The van der Waals surface area contributed by atoms with Crippen LogP contribution in [0.5, 0.6) is 0 Å². The Balaban J connectivity index is 3.09. The Morgan fingerprint density at radius 2 is 2.06 bits per heavy atom. The van der Waals surface area contributed by atoms with Gasteiger partial charge in [-0.2, -0.15) is 0 Å². The Bertz CT molecular complexity index is 512. The fraction of sp³-hybridized carbons (Fsp3) is 0.167. The van der Waals surface area contributed by atoms with Crippen LogP contribution in [0.4, 0.5) is 8.78 Å². The quantitative estimate of drug-likeness (QED) is 0.656. The van der Waals surface area contributed by atoms with Crippen LogP contribution < -0.4 is 5.73 Å². The largest absolute Gasteiger partial charge is 0.463 e. The molecule has 1 aromatic rings. The van der Waals surface area contributed by atoms with Gasteiger partial charge in [-0.1, -0.05) is 0 Å². The van der Waals surface area contributed by atoms with Crippen molar-refractivity contribution in [3.05, 3.63) is 41.0 Å². The third kappa shape index (κ3) is 3.13. The Morgan fingerprint density at radius 1 is 1.39 bits per heavy atom. The van der Waals surface area contributed by atoms with Crippen molar-refractivity contribution in [2.45, 2.75) is 6.92 Å². The maximum absolute atomic E-state index is 13.7.